The maximum atomic E-state index is 5.89. The Balaban J connectivity index is 1.35. The van der Waals surface area contributed by atoms with Crippen LogP contribution >= 0.6 is 23.4 Å². The van der Waals surface area contributed by atoms with Gasteiger partial charge in [-0.05, 0) is 42.0 Å². The fraction of sp³-hybridized carbons (Fsp3) is 0.158. The lowest BCUT2D eigenvalue weighted by atomic mass is 10.1. The van der Waals surface area contributed by atoms with Gasteiger partial charge in [-0.25, -0.2) is 0 Å². The number of methoxy groups -OCH3 is 1. The van der Waals surface area contributed by atoms with E-state index in [0.717, 1.165) is 16.9 Å². The highest BCUT2D eigenvalue weighted by Gasteiger charge is 2.12. The van der Waals surface area contributed by atoms with Crippen molar-refractivity contribution < 1.29 is 13.7 Å². The largest absolute Gasteiger partial charge is 0.497 e. The zero-order chi connectivity index (χ0) is 19.3. The highest BCUT2D eigenvalue weighted by molar-refractivity contribution is 7.98. The van der Waals surface area contributed by atoms with E-state index in [9.17, 15) is 0 Å². The minimum absolute atomic E-state index is 0.435. The molecule has 0 aliphatic rings. The standard InChI is InChI=1S/C19H15ClN4O3S/c1-25-15-8-2-12(3-9-15)10-16-22-23-19(26-16)28-11-17-21-18(24-27-17)13-4-6-14(20)7-5-13/h2-9H,10-11H2,1H3. The molecule has 0 bridgehead atoms. The number of hydrogen-bond donors (Lipinski definition) is 0. The first kappa shape index (κ1) is 18.5. The molecule has 9 heteroatoms. The summed E-state index contributed by atoms with van der Waals surface area (Å²) in [6.45, 7) is 0. The fourth-order valence-electron chi connectivity index (χ4n) is 2.44. The van der Waals surface area contributed by atoms with E-state index < -0.39 is 0 Å². The van der Waals surface area contributed by atoms with Crippen LogP contribution in [0, 0.1) is 0 Å². The molecule has 0 saturated carbocycles. The molecular formula is C19H15ClN4O3S. The van der Waals surface area contributed by atoms with E-state index in [4.69, 9.17) is 25.3 Å². The first-order valence-electron chi connectivity index (χ1n) is 8.36. The lowest BCUT2D eigenvalue weighted by Gasteiger charge is -2.00. The minimum atomic E-state index is 0.435. The van der Waals surface area contributed by atoms with E-state index in [1.54, 1.807) is 19.2 Å². The zero-order valence-electron chi connectivity index (χ0n) is 14.8. The van der Waals surface area contributed by atoms with Crippen molar-refractivity contribution in [2.24, 2.45) is 0 Å². The number of nitrogens with zero attached hydrogens (tertiary/aromatic N) is 4. The van der Waals surface area contributed by atoms with E-state index in [2.05, 4.69) is 20.3 Å². The van der Waals surface area contributed by atoms with Crippen LogP contribution in [0.1, 0.15) is 17.3 Å². The Morgan fingerprint density at radius 3 is 2.54 bits per heavy atom. The molecule has 0 aliphatic heterocycles. The topological polar surface area (TPSA) is 87.1 Å². The predicted molar refractivity (Wildman–Crippen MR) is 104 cm³/mol. The number of aromatic nitrogens is 4. The molecule has 0 N–H and O–H groups in total. The normalized spacial score (nSPS) is 10.9. The second-order valence-corrected chi connectivity index (χ2v) is 7.16. The Kier molecular flexibility index (Phi) is 5.59. The van der Waals surface area contributed by atoms with Gasteiger partial charge in [-0.15, -0.1) is 10.2 Å². The molecule has 7 nitrogen and oxygen atoms in total. The molecule has 0 atom stereocenters. The van der Waals surface area contributed by atoms with Crippen molar-refractivity contribution in [1.29, 1.82) is 0 Å². The van der Waals surface area contributed by atoms with Gasteiger partial charge in [0.15, 0.2) is 0 Å². The second-order valence-electron chi connectivity index (χ2n) is 5.79. The van der Waals surface area contributed by atoms with Crippen LogP contribution in [-0.2, 0) is 12.2 Å². The summed E-state index contributed by atoms with van der Waals surface area (Å²) in [6.07, 6.45) is 0.554. The van der Waals surface area contributed by atoms with Gasteiger partial charge in [-0.3, -0.25) is 0 Å². The van der Waals surface area contributed by atoms with Crippen LogP contribution in [0.25, 0.3) is 11.4 Å². The first-order chi connectivity index (χ1) is 13.7. The average Bonchev–Trinajstić information content (AvgIpc) is 3.37. The first-order valence-corrected chi connectivity index (χ1v) is 9.72. The van der Waals surface area contributed by atoms with Crippen LogP contribution in [0.4, 0.5) is 0 Å². The van der Waals surface area contributed by atoms with Crippen LogP contribution in [-0.4, -0.2) is 27.4 Å². The fourth-order valence-corrected chi connectivity index (χ4v) is 3.18. The van der Waals surface area contributed by atoms with Gasteiger partial charge >= 0.3 is 0 Å². The third kappa shape index (κ3) is 4.52. The predicted octanol–water partition coefficient (Wildman–Crippen LogP) is 4.66. The summed E-state index contributed by atoms with van der Waals surface area (Å²) in [6, 6.07) is 15.0. The van der Waals surface area contributed by atoms with Gasteiger partial charge in [0.2, 0.25) is 17.6 Å². The molecule has 0 aliphatic carbocycles. The van der Waals surface area contributed by atoms with Crippen LogP contribution in [0.2, 0.25) is 5.02 Å². The molecule has 28 heavy (non-hydrogen) atoms. The third-order valence-corrected chi connectivity index (χ3v) is 4.91. The Morgan fingerprint density at radius 2 is 1.79 bits per heavy atom. The Morgan fingerprint density at radius 1 is 1.00 bits per heavy atom. The van der Waals surface area contributed by atoms with Crippen LogP contribution in [0.3, 0.4) is 0 Å². The number of halogens is 1. The summed E-state index contributed by atoms with van der Waals surface area (Å²) in [7, 11) is 1.64. The Bertz CT molecular complexity index is 1050. The van der Waals surface area contributed by atoms with E-state index >= 15 is 0 Å². The summed E-state index contributed by atoms with van der Waals surface area (Å²) >= 11 is 7.24. The van der Waals surface area contributed by atoms with Crippen LogP contribution < -0.4 is 4.74 Å². The Labute approximate surface area is 170 Å². The van der Waals surface area contributed by atoms with Gasteiger partial charge in [0.25, 0.3) is 5.22 Å². The molecule has 0 fully saturated rings. The molecule has 2 aromatic carbocycles. The maximum absolute atomic E-state index is 5.89. The summed E-state index contributed by atoms with van der Waals surface area (Å²) < 4.78 is 16.1. The van der Waals surface area contributed by atoms with Crippen molar-refractivity contribution in [3.8, 4) is 17.1 Å². The number of ether oxygens (including phenoxy) is 1. The molecule has 0 radical (unpaired) electrons. The molecule has 4 rings (SSSR count). The highest BCUT2D eigenvalue weighted by atomic mass is 35.5. The van der Waals surface area contributed by atoms with Gasteiger partial charge in [-0.1, -0.05) is 40.7 Å². The lowest BCUT2D eigenvalue weighted by Crippen LogP contribution is -1.89. The van der Waals surface area contributed by atoms with E-state index in [-0.39, 0.29) is 0 Å². The second kappa shape index (κ2) is 8.45. The quantitative estimate of drug-likeness (QED) is 0.403. The molecule has 142 valence electrons. The van der Waals surface area contributed by atoms with Crippen molar-refractivity contribution in [3.05, 3.63) is 70.9 Å². The molecule has 0 spiro atoms. The van der Waals surface area contributed by atoms with Crippen LogP contribution in [0.15, 0.2) is 62.7 Å². The van der Waals surface area contributed by atoms with E-state index in [1.807, 2.05) is 36.4 Å². The van der Waals surface area contributed by atoms with Gasteiger partial charge < -0.3 is 13.7 Å². The van der Waals surface area contributed by atoms with Crippen molar-refractivity contribution >= 4 is 23.4 Å². The molecule has 0 unspecified atom stereocenters. The summed E-state index contributed by atoms with van der Waals surface area (Å²) in [5, 5.41) is 13.2. The zero-order valence-corrected chi connectivity index (χ0v) is 16.4. The summed E-state index contributed by atoms with van der Waals surface area (Å²) in [4.78, 5) is 4.37. The summed E-state index contributed by atoms with van der Waals surface area (Å²) in [5.74, 6) is 2.77. The number of rotatable bonds is 7. The number of hydrogen-bond acceptors (Lipinski definition) is 8. The van der Waals surface area contributed by atoms with Gasteiger partial charge in [0.05, 0.1) is 19.3 Å². The molecule has 0 amide bonds. The smallest absolute Gasteiger partial charge is 0.277 e. The average molecular weight is 415 g/mol. The molecular weight excluding hydrogens is 400 g/mol. The van der Waals surface area contributed by atoms with E-state index in [1.165, 1.54) is 11.8 Å². The van der Waals surface area contributed by atoms with Crippen molar-refractivity contribution in [2.75, 3.05) is 7.11 Å². The van der Waals surface area contributed by atoms with Crippen molar-refractivity contribution in [1.82, 2.24) is 20.3 Å². The van der Waals surface area contributed by atoms with E-state index in [0.29, 0.717) is 40.0 Å². The monoisotopic (exact) mass is 414 g/mol. The van der Waals surface area contributed by atoms with Gasteiger partial charge in [-0.2, -0.15) is 4.98 Å². The molecule has 4 aromatic rings. The SMILES string of the molecule is COc1ccc(Cc2nnc(SCc3nc(-c4ccc(Cl)cc4)no3)o2)cc1. The highest BCUT2D eigenvalue weighted by Crippen LogP contribution is 2.24. The Hall–Kier alpha value is -2.84. The van der Waals surface area contributed by atoms with Crippen molar-refractivity contribution in [2.45, 2.75) is 17.4 Å². The number of benzene rings is 2. The molecule has 2 heterocycles. The molecule has 0 saturated heterocycles. The van der Waals surface area contributed by atoms with Crippen LogP contribution in [0.5, 0.6) is 5.75 Å². The summed E-state index contributed by atoms with van der Waals surface area (Å²) in [5.41, 5.74) is 1.90. The lowest BCUT2D eigenvalue weighted by molar-refractivity contribution is 0.389. The minimum Gasteiger partial charge on any atom is -0.497 e. The van der Waals surface area contributed by atoms with Gasteiger partial charge in [0, 0.05) is 10.6 Å². The third-order valence-electron chi connectivity index (χ3n) is 3.85. The van der Waals surface area contributed by atoms with Crippen molar-refractivity contribution in [3.63, 3.8) is 0 Å². The van der Waals surface area contributed by atoms with Gasteiger partial charge in [0.1, 0.15) is 5.75 Å². The maximum Gasteiger partial charge on any atom is 0.277 e. The number of thioether (sulfide) groups is 1. The molecule has 2 aromatic heterocycles.